The number of carbonyl (C=O) groups excluding carboxylic acids is 1. The van der Waals surface area contributed by atoms with Gasteiger partial charge in [-0.2, -0.15) is 0 Å². The van der Waals surface area contributed by atoms with Gasteiger partial charge < -0.3 is 31.1 Å². The number of ether oxygens (including phenoxy) is 1. The summed E-state index contributed by atoms with van der Waals surface area (Å²) >= 11 is 0. The molecule has 0 aliphatic heterocycles. The fourth-order valence-corrected chi connectivity index (χ4v) is 3.83. The van der Waals surface area contributed by atoms with E-state index in [1.54, 1.807) is 0 Å². The Labute approximate surface area is 196 Å². The Bertz CT molecular complexity index is 634. The SMILES string of the molecule is Cc1ccc(C(C)C)cc1OCCCCC[N+](C)(C)CC(=O)N(C(C)C)C(C)C.[Br-]. The minimum absolute atomic E-state index is 0. The molecule has 0 aliphatic carbocycles. The molecule has 0 radical (unpaired) electrons. The van der Waals surface area contributed by atoms with Crippen molar-refractivity contribution in [1.82, 2.24) is 4.90 Å². The summed E-state index contributed by atoms with van der Waals surface area (Å²) in [4.78, 5) is 14.7. The van der Waals surface area contributed by atoms with Gasteiger partial charge in [-0.05, 0) is 77.0 Å². The molecule has 1 aromatic carbocycles. The van der Waals surface area contributed by atoms with E-state index < -0.39 is 0 Å². The Morgan fingerprint density at radius 2 is 1.60 bits per heavy atom. The van der Waals surface area contributed by atoms with E-state index in [9.17, 15) is 4.79 Å². The molecule has 0 aliphatic rings. The first-order valence-corrected chi connectivity index (χ1v) is 11.3. The van der Waals surface area contributed by atoms with Crippen LogP contribution in [-0.2, 0) is 4.79 Å². The Kier molecular flexibility index (Phi) is 12.9. The molecule has 30 heavy (non-hydrogen) atoms. The highest BCUT2D eigenvalue weighted by Crippen LogP contribution is 2.24. The first-order valence-electron chi connectivity index (χ1n) is 11.3. The standard InChI is InChI=1S/C25H45N2O2.BrH/c1-19(2)23-14-13-22(7)24(17-23)29-16-12-10-11-15-27(8,9)18-25(28)26(20(3)4)21(5)6;/h13-14,17,19-21H,10-12,15-16,18H2,1-9H3;1H/q+1;/p-1. The number of unbranched alkanes of at least 4 members (excludes halogenated alkanes) is 2. The molecule has 0 saturated carbocycles. The number of nitrogens with zero attached hydrogens (tertiary/aromatic N) is 2. The molecular formula is C25H45BrN2O2. The van der Waals surface area contributed by atoms with Crippen molar-refractivity contribution in [1.29, 1.82) is 0 Å². The largest absolute Gasteiger partial charge is 1.00 e. The lowest BCUT2D eigenvalue weighted by molar-refractivity contribution is -0.883. The third kappa shape index (κ3) is 9.82. The van der Waals surface area contributed by atoms with E-state index >= 15 is 0 Å². The number of amides is 1. The lowest BCUT2D eigenvalue weighted by Crippen LogP contribution is -3.00. The van der Waals surface area contributed by atoms with Gasteiger partial charge in [0.15, 0.2) is 6.54 Å². The number of rotatable bonds is 12. The van der Waals surface area contributed by atoms with Crippen molar-refractivity contribution >= 4 is 5.91 Å². The molecule has 0 heterocycles. The monoisotopic (exact) mass is 484 g/mol. The Hall–Kier alpha value is -1.07. The van der Waals surface area contributed by atoms with Crippen LogP contribution in [0.5, 0.6) is 5.75 Å². The molecule has 0 saturated heterocycles. The van der Waals surface area contributed by atoms with Crippen molar-refractivity contribution in [2.45, 2.75) is 85.7 Å². The molecule has 0 bridgehead atoms. The number of halogens is 1. The summed E-state index contributed by atoms with van der Waals surface area (Å²) in [6, 6.07) is 7.02. The molecule has 0 unspecified atom stereocenters. The van der Waals surface area contributed by atoms with E-state index in [1.807, 2.05) is 4.90 Å². The van der Waals surface area contributed by atoms with Gasteiger partial charge in [-0.3, -0.25) is 4.79 Å². The third-order valence-electron chi connectivity index (χ3n) is 5.51. The fraction of sp³-hybridized carbons (Fsp3) is 0.720. The van der Waals surface area contributed by atoms with Gasteiger partial charge in [-0.15, -0.1) is 0 Å². The maximum Gasteiger partial charge on any atom is 0.278 e. The van der Waals surface area contributed by atoms with Crippen LogP contribution in [0.25, 0.3) is 0 Å². The second kappa shape index (κ2) is 13.4. The highest BCUT2D eigenvalue weighted by molar-refractivity contribution is 5.77. The van der Waals surface area contributed by atoms with Crippen molar-refractivity contribution in [3.63, 3.8) is 0 Å². The van der Waals surface area contributed by atoms with Crippen LogP contribution in [0.15, 0.2) is 18.2 Å². The maximum atomic E-state index is 12.7. The van der Waals surface area contributed by atoms with Crippen LogP contribution >= 0.6 is 0 Å². The number of quaternary nitrogens is 1. The van der Waals surface area contributed by atoms with Gasteiger partial charge in [-0.25, -0.2) is 0 Å². The van der Waals surface area contributed by atoms with E-state index in [1.165, 1.54) is 11.1 Å². The van der Waals surface area contributed by atoms with Crippen molar-refractivity contribution in [2.24, 2.45) is 0 Å². The summed E-state index contributed by atoms with van der Waals surface area (Å²) in [7, 11) is 4.32. The predicted octanol–water partition coefficient (Wildman–Crippen LogP) is 2.39. The number of likely N-dealkylation sites (N-methyl/N-ethyl adjacent to an activating group) is 1. The summed E-state index contributed by atoms with van der Waals surface area (Å²) < 4.78 is 6.78. The summed E-state index contributed by atoms with van der Waals surface area (Å²) in [5, 5.41) is 0. The van der Waals surface area contributed by atoms with E-state index in [0.29, 0.717) is 12.5 Å². The molecule has 1 aromatic rings. The highest BCUT2D eigenvalue weighted by Gasteiger charge is 2.27. The normalized spacial score (nSPS) is 11.7. The van der Waals surface area contributed by atoms with Crippen molar-refractivity contribution in [2.75, 3.05) is 33.8 Å². The van der Waals surface area contributed by atoms with E-state index in [2.05, 4.69) is 80.8 Å². The van der Waals surface area contributed by atoms with E-state index in [0.717, 1.165) is 42.6 Å². The summed E-state index contributed by atoms with van der Waals surface area (Å²) in [5.74, 6) is 1.78. The van der Waals surface area contributed by atoms with Gasteiger partial charge in [0, 0.05) is 12.1 Å². The zero-order valence-corrected chi connectivity index (χ0v) is 22.4. The second-order valence-electron chi connectivity index (χ2n) is 9.89. The van der Waals surface area contributed by atoms with Crippen molar-refractivity contribution < 1.29 is 31.0 Å². The maximum absolute atomic E-state index is 12.7. The lowest BCUT2D eigenvalue weighted by Gasteiger charge is -2.35. The zero-order valence-electron chi connectivity index (χ0n) is 20.8. The quantitative estimate of drug-likeness (QED) is 0.336. The molecule has 0 fully saturated rings. The van der Waals surface area contributed by atoms with Crippen LogP contribution in [0.1, 0.15) is 77.8 Å². The highest BCUT2D eigenvalue weighted by atomic mass is 79.9. The van der Waals surface area contributed by atoms with Crippen molar-refractivity contribution in [3.8, 4) is 5.75 Å². The van der Waals surface area contributed by atoms with Crippen LogP contribution in [-0.4, -0.2) is 61.2 Å². The smallest absolute Gasteiger partial charge is 0.278 e. The molecule has 0 aromatic heterocycles. The molecule has 1 rings (SSSR count). The third-order valence-corrected chi connectivity index (χ3v) is 5.51. The Morgan fingerprint density at radius 3 is 2.13 bits per heavy atom. The molecule has 0 N–H and O–H groups in total. The predicted molar refractivity (Wildman–Crippen MR) is 124 cm³/mol. The average Bonchev–Trinajstić information content (AvgIpc) is 2.57. The van der Waals surface area contributed by atoms with Crippen LogP contribution in [0.4, 0.5) is 0 Å². The second-order valence-corrected chi connectivity index (χ2v) is 9.89. The van der Waals surface area contributed by atoms with Gasteiger partial charge in [0.1, 0.15) is 5.75 Å². The van der Waals surface area contributed by atoms with E-state index in [-0.39, 0.29) is 35.0 Å². The zero-order chi connectivity index (χ0) is 22.2. The molecular weight excluding hydrogens is 440 g/mol. The van der Waals surface area contributed by atoms with Crippen LogP contribution in [0, 0.1) is 6.92 Å². The number of hydrogen-bond acceptors (Lipinski definition) is 2. The van der Waals surface area contributed by atoms with Gasteiger partial charge >= 0.3 is 0 Å². The molecule has 4 nitrogen and oxygen atoms in total. The van der Waals surface area contributed by atoms with Gasteiger partial charge in [0.2, 0.25) is 0 Å². The summed E-state index contributed by atoms with van der Waals surface area (Å²) in [6.45, 7) is 17.2. The summed E-state index contributed by atoms with van der Waals surface area (Å²) in [5.41, 5.74) is 2.52. The minimum Gasteiger partial charge on any atom is -1.00 e. The van der Waals surface area contributed by atoms with Gasteiger partial charge in [-0.1, -0.05) is 26.0 Å². The average molecular weight is 486 g/mol. The number of benzene rings is 1. The number of hydrogen-bond donors (Lipinski definition) is 0. The Balaban J connectivity index is 0.00000841. The molecule has 174 valence electrons. The van der Waals surface area contributed by atoms with Crippen LogP contribution < -0.4 is 21.7 Å². The minimum atomic E-state index is 0. The molecule has 0 spiro atoms. The first kappa shape index (κ1) is 28.9. The van der Waals surface area contributed by atoms with Crippen LogP contribution in [0.3, 0.4) is 0 Å². The van der Waals surface area contributed by atoms with Gasteiger partial charge in [0.25, 0.3) is 5.91 Å². The number of aryl methyl sites for hydroxylation is 1. The van der Waals surface area contributed by atoms with Crippen LogP contribution in [0.2, 0.25) is 0 Å². The molecule has 1 amide bonds. The summed E-state index contributed by atoms with van der Waals surface area (Å²) in [6.07, 6.45) is 3.28. The topological polar surface area (TPSA) is 29.5 Å². The first-order chi connectivity index (χ1) is 13.4. The van der Waals surface area contributed by atoms with Crippen molar-refractivity contribution in [3.05, 3.63) is 29.3 Å². The lowest BCUT2D eigenvalue weighted by atomic mass is 10.0. The van der Waals surface area contributed by atoms with E-state index in [4.69, 9.17) is 4.74 Å². The number of carbonyl (C=O) groups is 1. The Morgan fingerprint density at radius 1 is 1.00 bits per heavy atom. The fourth-order valence-electron chi connectivity index (χ4n) is 3.83. The van der Waals surface area contributed by atoms with Gasteiger partial charge in [0.05, 0.1) is 27.2 Å². The molecule has 0 atom stereocenters. The molecule has 5 heteroatoms.